The second kappa shape index (κ2) is 7.25. The molecule has 0 radical (unpaired) electrons. The third-order valence-corrected chi connectivity index (χ3v) is 3.66. The van der Waals surface area contributed by atoms with Crippen LogP contribution in [0.4, 0.5) is 0 Å². The maximum Gasteiger partial charge on any atom is 0.336 e. The first kappa shape index (κ1) is 15.5. The average Bonchev–Trinajstić information content (AvgIpc) is 2.55. The second-order valence-electron chi connectivity index (χ2n) is 4.29. The normalized spacial score (nSPS) is 13.2. The fourth-order valence-electron chi connectivity index (χ4n) is 1.72. The van der Waals surface area contributed by atoms with Gasteiger partial charge < -0.3 is 4.74 Å². The van der Waals surface area contributed by atoms with Crippen molar-refractivity contribution in [1.29, 1.82) is 0 Å². The number of benzene rings is 2. The van der Waals surface area contributed by atoms with Crippen LogP contribution >= 0.6 is 23.2 Å². The minimum absolute atomic E-state index is 0.558. The number of hydrogen-bond donors (Lipinski definition) is 0. The van der Waals surface area contributed by atoms with Gasteiger partial charge >= 0.3 is 11.9 Å². The zero-order chi connectivity index (χ0) is 15.2. The quantitative estimate of drug-likeness (QED) is 0.485. The van der Waals surface area contributed by atoms with Crippen molar-refractivity contribution in [2.75, 3.05) is 0 Å². The summed E-state index contributed by atoms with van der Waals surface area (Å²) >= 11 is 12.0. The Kier molecular flexibility index (Phi) is 5.37. The Morgan fingerprint density at radius 1 is 0.714 bits per heavy atom. The fraction of sp³-hybridized carbons (Fsp3) is 0.125. The lowest BCUT2D eigenvalue weighted by molar-refractivity contribution is -0.159. The summed E-state index contributed by atoms with van der Waals surface area (Å²) in [6.45, 7) is 0. The molecule has 0 bridgehead atoms. The number of carbonyl (C=O) groups excluding carboxylic acids is 2. The lowest BCUT2D eigenvalue weighted by atomic mass is 10.1. The maximum absolute atomic E-state index is 11.9. The Hall–Kier alpha value is -1.84. The summed E-state index contributed by atoms with van der Waals surface area (Å²) in [5.74, 6) is -1.68. The van der Waals surface area contributed by atoms with E-state index < -0.39 is 22.7 Å². The number of halogens is 2. The van der Waals surface area contributed by atoms with E-state index in [1.165, 1.54) is 0 Å². The molecule has 0 saturated heterocycles. The molecule has 5 heteroatoms. The Labute approximate surface area is 132 Å². The maximum atomic E-state index is 11.9. The van der Waals surface area contributed by atoms with Gasteiger partial charge in [-0.1, -0.05) is 60.7 Å². The molecule has 3 nitrogen and oxygen atoms in total. The van der Waals surface area contributed by atoms with Gasteiger partial charge in [-0.2, -0.15) is 0 Å². The molecule has 2 aromatic rings. The fourth-order valence-corrected chi connectivity index (χ4v) is 2.10. The van der Waals surface area contributed by atoms with Gasteiger partial charge in [0.2, 0.25) is 0 Å². The van der Waals surface area contributed by atoms with Gasteiger partial charge in [0, 0.05) is 0 Å². The summed E-state index contributed by atoms with van der Waals surface area (Å²) in [4.78, 5) is 23.7. The van der Waals surface area contributed by atoms with E-state index in [0.717, 1.165) is 0 Å². The second-order valence-corrected chi connectivity index (χ2v) is 5.16. The molecule has 0 fully saturated rings. The largest absolute Gasteiger partial charge is 0.390 e. The van der Waals surface area contributed by atoms with Gasteiger partial charge in [0.1, 0.15) is 0 Å². The molecule has 21 heavy (non-hydrogen) atoms. The monoisotopic (exact) mass is 322 g/mol. The number of carbonyl (C=O) groups is 2. The van der Waals surface area contributed by atoms with E-state index in [1.807, 2.05) is 0 Å². The zero-order valence-electron chi connectivity index (χ0n) is 10.9. The molecule has 0 heterocycles. The van der Waals surface area contributed by atoms with Gasteiger partial charge in [-0.05, 0) is 11.1 Å². The highest BCUT2D eigenvalue weighted by atomic mass is 35.5. The molecule has 0 aliphatic heterocycles. The molecule has 0 aliphatic carbocycles. The van der Waals surface area contributed by atoms with Crippen LogP contribution < -0.4 is 0 Å². The summed E-state index contributed by atoms with van der Waals surface area (Å²) in [6.07, 6.45) is 0. The first-order chi connectivity index (χ1) is 10.1. The lowest BCUT2D eigenvalue weighted by Gasteiger charge is -2.11. The smallest absolute Gasteiger partial charge is 0.336 e. The third kappa shape index (κ3) is 4.06. The van der Waals surface area contributed by atoms with Gasteiger partial charge in [-0.25, -0.2) is 9.59 Å². The molecule has 0 N–H and O–H groups in total. The standard InChI is InChI=1S/C16H12Cl2O3/c17-13(11-7-3-1-4-8-11)15(19)21-16(20)14(18)12-9-5-2-6-10-12/h1-10,13-14H. The highest BCUT2D eigenvalue weighted by Crippen LogP contribution is 2.25. The summed E-state index contributed by atoms with van der Waals surface area (Å²) in [5.41, 5.74) is 1.12. The van der Waals surface area contributed by atoms with Crippen molar-refractivity contribution >= 4 is 35.1 Å². The minimum Gasteiger partial charge on any atom is -0.390 e. The topological polar surface area (TPSA) is 43.4 Å². The molecule has 0 saturated carbocycles. The van der Waals surface area contributed by atoms with Crippen LogP contribution in [0, 0.1) is 0 Å². The van der Waals surface area contributed by atoms with E-state index in [4.69, 9.17) is 27.9 Å². The molecule has 0 aromatic heterocycles. The van der Waals surface area contributed by atoms with Crippen LogP contribution in [0.2, 0.25) is 0 Å². The molecule has 108 valence electrons. The van der Waals surface area contributed by atoms with Crippen molar-refractivity contribution in [3.05, 3.63) is 71.8 Å². The van der Waals surface area contributed by atoms with Crippen molar-refractivity contribution < 1.29 is 14.3 Å². The van der Waals surface area contributed by atoms with Crippen LogP contribution in [0.1, 0.15) is 21.9 Å². The summed E-state index contributed by atoms with van der Waals surface area (Å²) in [7, 11) is 0. The predicted molar refractivity (Wildman–Crippen MR) is 81.2 cm³/mol. The lowest BCUT2D eigenvalue weighted by Crippen LogP contribution is -2.19. The van der Waals surface area contributed by atoms with E-state index in [9.17, 15) is 9.59 Å². The van der Waals surface area contributed by atoms with Crippen LogP contribution in [0.15, 0.2) is 60.7 Å². The first-order valence-corrected chi connectivity index (χ1v) is 7.10. The van der Waals surface area contributed by atoms with E-state index in [-0.39, 0.29) is 0 Å². The van der Waals surface area contributed by atoms with Crippen LogP contribution in [0.5, 0.6) is 0 Å². The van der Waals surface area contributed by atoms with Crippen LogP contribution in [0.25, 0.3) is 0 Å². The van der Waals surface area contributed by atoms with Gasteiger partial charge in [0.25, 0.3) is 0 Å². The zero-order valence-corrected chi connectivity index (χ0v) is 12.4. The van der Waals surface area contributed by atoms with Gasteiger partial charge in [-0.3, -0.25) is 0 Å². The highest BCUT2D eigenvalue weighted by molar-refractivity contribution is 6.33. The molecule has 0 amide bonds. The van der Waals surface area contributed by atoms with Crippen molar-refractivity contribution in [1.82, 2.24) is 0 Å². The Morgan fingerprint density at radius 2 is 1.05 bits per heavy atom. The molecular weight excluding hydrogens is 311 g/mol. The molecule has 2 rings (SSSR count). The van der Waals surface area contributed by atoms with E-state index in [0.29, 0.717) is 11.1 Å². The third-order valence-electron chi connectivity index (χ3n) is 2.80. The van der Waals surface area contributed by atoms with Gasteiger partial charge in [0.05, 0.1) is 0 Å². The number of esters is 2. The Bertz CT molecular complexity index is 558. The van der Waals surface area contributed by atoms with Gasteiger partial charge in [0.15, 0.2) is 10.8 Å². The van der Waals surface area contributed by atoms with E-state index in [1.54, 1.807) is 60.7 Å². The van der Waals surface area contributed by atoms with E-state index in [2.05, 4.69) is 0 Å². The molecule has 0 spiro atoms. The minimum atomic E-state index is -1.05. The van der Waals surface area contributed by atoms with Crippen molar-refractivity contribution in [2.24, 2.45) is 0 Å². The van der Waals surface area contributed by atoms with Crippen LogP contribution in [-0.2, 0) is 14.3 Å². The van der Waals surface area contributed by atoms with E-state index >= 15 is 0 Å². The first-order valence-electron chi connectivity index (χ1n) is 6.23. The summed E-state index contributed by atoms with van der Waals surface area (Å²) < 4.78 is 4.74. The van der Waals surface area contributed by atoms with Crippen LogP contribution in [0.3, 0.4) is 0 Å². The van der Waals surface area contributed by atoms with Crippen molar-refractivity contribution in [2.45, 2.75) is 10.8 Å². The average molecular weight is 323 g/mol. The summed E-state index contributed by atoms with van der Waals surface area (Å²) in [5, 5.41) is -2.09. The van der Waals surface area contributed by atoms with Crippen molar-refractivity contribution in [3.63, 3.8) is 0 Å². The molecule has 2 unspecified atom stereocenters. The summed E-state index contributed by atoms with van der Waals surface area (Å²) in [6, 6.07) is 17.3. The predicted octanol–water partition coefficient (Wildman–Crippen LogP) is 4.02. The van der Waals surface area contributed by atoms with Crippen molar-refractivity contribution in [3.8, 4) is 0 Å². The number of ether oxygens (including phenoxy) is 1. The molecule has 2 atom stereocenters. The highest BCUT2D eigenvalue weighted by Gasteiger charge is 2.26. The number of rotatable bonds is 4. The Morgan fingerprint density at radius 3 is 1.38 bits per heavy atom. The molecular formula is C16H12Cl2O3. The molecule has 2 aromatic carbocycles. The van der Waals surface area contributed by atoms with Gasteiger partial charge in [-0.15, -0.1) is 23.2 Å². The number of alkyl halides is 2. The SMILES string of the molecule is O=C(OC(=O)C(Cl)c1ccccc1)C(Cl)c1ccccc1. The van der Waals surface area contributed by atoms with Crippen LogP contribution in [-0.4, -0.2) is 11.9 Å². The number of hydrogen-bond acceptors (Lipinski definition) is 3. The molecule has 0 aliphatic rings. The Balaban J connectivity index is 2.01.